The summed E-state index contributed by atoms with van der Waals surface area (Å²) in [6.07, 6.45) is 0.556. The lowest BCUT2D eigenvalue weighted by Crippen LogP contribution is -2.16. The Kier molecular flexibility index (Phi) is 7.56. The zero-order valence-electron chi connectivity index (χ0n) is 20.6. The van der Waals surface area contributed by atoms with E-state index >= 15 is 0 Å². The highest BCUT2D eigenvalue weighted by molar-refractivity contribution is 8.14. The molecule has 3 aromatic carbocycles. The SMILES string of the molecule is COc1cc(NC(=O)CSC2=Nc3cc(C)c(C)cc3N=C(c3ccc(C)cc3)C2)cc(OC)c1. The van der Waals surface area contributed by atoms with Gasteiger partial charge >= 0.3 is 0 Å². The molecule has 7 heteroatoms. The van der Waals surface area contributed by atoms with Crippen LogP contribution in [0.15, 0.2) is 64.6 Å². The van der Waals surface area contributed by atoms with Crippen LogP contribution in [0.5, 0.6) is 11.5 Å². The first-order chi connectivity index (χ1) is 16.8. The summed E-state index contributed by atoms with van der Waals surface area (Å²) in [5.41, 5.74) is 7.84. The fourth-order valence-electron chi connectivity index (χ4n) is 3.69. The van der Waals surface area contributed by atoms with E-state index in [1.165, 1.54) is 22.9 Å². The Labute approximate surface area is 210 Å². The molecule has 0 atom stereocenters. The lowest BCUT2D eigenvalue weighted by atomic mass is 10.1. The average molecular weight is 488 g/mol. The number of aliphatic imine (C=N–C) groups is 2. The number of benzene rings is 3. The highest BCUT2D eigenvalue weighted by atomic mass is 32.2. The maximum absolute atomic E-state index is 12.8. The molecule has 1 aliphatic rings. The van der Waals surface area contributed by atoms with E-state index < -0.39 is 0 Å². The normalized spacial score (nSPS) is 12.7. The van der Waals surface area contributed by atoms with Gasteiger partial charge in [0.25, 0.3) is 0 Å². The predicted octanol–water partition coefficient (Wildman–Crippen LogP) is 6.56. The largest absolute Gasteiger partial charge is 0.497 e. The number of ether oxygens (including phenoxy) is 2. The van der Waals surface area contributed by atoms with E-state index in [-0.39, 0.29) is 11.7 Å². The number of amides is 1. The molecule has 0 unspecified atom stereocenters. The van der Waals surface area contributed by atoms with Gasteiger partial charge in [0, 0.05) is 30.3 Å². The Morgan fingerprint density at radius 2 is 1.49 bits per heavy atom. The van der Waals surface area contributed by atoms with Crippen LogP contribution in [0.3, 0.4) is 0 Å². The summed E-state index contributed by atoms with van der Waals surface area (Å²) in [6, 6.07) is 17.8. The zero-order chi connectivity index (χ0) is 24.9. The molecule has 180 valence electrons. The van der Waals surface area contributed by atoms with Gasteiger partial charge in [0.05, 0.1) is 42.1 Å². The number of aryl methyl sites for hydroxylation is 3. The van der Waals surface area contributed by atoms with Gasteiger partial charge in [0.1, 0.15) is 11.5 Å². The minimum Gasteiger partial charge on any atom is -0.497 e. The first-order valence-electron chi connectivity index (χ1n) is 11.3. The second-order valence-electron chi connectivity index (χ2n) is 8.47. The van der Waals surface area contributed by atoms with Crippen molar-refractivity contribution in [1.82, 2.24) is 0 Å². The third-order valence-corrected chi connectivity index (χ3v) is 6.78. The van der Waals surface area contributed by atoms with Crippen molar-refractivity contribution in [3.05, 3.63) is 76.9 Å². The molecular weight excluding hydrogens is 458 g/mol. The van der Waals surface area contributed by atoms with Gasteiger partial charge in [-0.15, -0.1) is 11.8 Å². The number of carbonyl (C=O) groups is 1. The first-order valence-corrected chi connectivity index (χ1v) is 12.3. The predicted molar refractivity (Wildman–Crippen MR) is 146 cm³/mol. The molecule has 6 nitrogen and oxygen atoms in total. The van der Waals surface area contributed by atoms with Gasteiger partial charge in [-0.1, -0.05) is 29.8 Å². The Balaban J connectivity index is 1.56. The molecule has 0 aromatic heterocycles. The smallest absolute Gasteiger partial charge is 0.234 e. The number of thioether (sulfide) groups is 1. The van der Waals surface area contributed by atoms with Crippen molar-refractivity contribution in [3.8, 4) is 11.5 Å². The molecule has 3 aromatic rings. The van der Waals surface area contributed by atoms with E-state index in [1.54, 1.807) is 32.4 Å². The molecule has 35 heavy (non-hydrogen) atoms. The van der Waals surface area contributed by atoms with Gasteiger partial charge < -0.3 is 14.8 Å². The van der Waals surface area contributed by atoms with Crippen LogP contribution in [0.25, 0.3) is 0 Å². The molecule has 0 spiro atoms. The summed E-state index contributed by atoms with van der Waals surface area (Å²) in [4.78, 5) is 22.7. The van der Waals surface area contributed by atoms with E-state index in [1.807, 2.05) is 0 Å². The summed E-state index contributed by atoms with van der Waals surface area (Å²) in [7, 11) is 3.16. The first kappa shape index (κ1) is 24.5. The van der Waals surface area contributed by atoms with Crippen molar-refractivity contribution < 1.29 is 14.3 Å². The third-order valence-electron chi connectivity index (χ3n) is 5.80. The van der Waals surface area contributed by atoms with Crippen molar-refractivity contribution in [2.24, 2.45) is 9.98 Å². The van der Waals surface area contributed by atoms with Gasteiger partial charge in [0.2, 0.25) is 5.91 Å². The number of hydrogen-bond donors (Lipinski definition) is 1. The van der Waals surface area contributed by atoms with Gasteiger partial charge in [0.15, 0.2) is 0 Å². The van der Waals surface area contributed by atoms with E-state index in [0.717, 1.165) is 33.3 Å². The topological polar surface area (TPSA) is 72.3 Å². The Morgan fingerprint density at radius 3 is 2.09 bits per heavy atom. The van der Waals surface area contributed by atoms with Crippen LogP contribution in [0, 0.1) is 20.8 Å². The van der Waals surface area contributed by atoms with Crippen molar-refractivity contribution in [3.63, 3.8) is 0 Å². The maximum atomic E-state index is 12.8. The minimum atomic E-state index is -0.133. The van der Waals surface area contributed by atoms with E-state index in [4.69, 9.17) is 19.5 Å². The number of fused-ring (bicyclic) bond motifs is 1. The standard InChI is InChI=1S/C28H29N3O3S/c1-17-6-8-20(9-7-17)24-15-28(31-26-11-19(3)18(2)10-25(26)30-24)35-16-27(32)29-21-12-22(33-4)14-23(13-21)34-5/h6-14H,15-16H2,1-5H3,(H,29,32). The number of nitrogens with zero attached hydrogens (tertiary/aromatic N) is 2. The van der Waals surface area contributed by atoms with Crippen LogP contribution in [-0.2, 0) is 4.79 Å². The fourth-order valence-corrected chi connectivity index (χ4v) is 4.46. The number of hydrogen-bond acceptors (Lipinski definition) is 6. The molecule has 4 rings (SSSR count). The second-order valence-corrected chi connectivity index (χ2v) is 9.52. The average Bonchev–Trinajstić information content (AvgIpc) is 3.02. The van der Waals surface area contributed by atoms with Crippen LogP contribution in [0.2, 0.25) is 0 Å². The molecule has 0 radical (unpaired) electrons. The lowest BCUT2D eigenvalue weighted by molar-refractivity contribution is -0.113. The number of carbonyl (C=O) groups excluding carboxylic acids is 1. The molecule has 0 saturated heterocycles. The Hall–Kier alpha value is -3.58. The number of nitrogens with one attached hydrogen (secondary N) is 1. The summed E-state index contributed by atoms with van der Waals surface area (Å²) < 4.78 is 10.6. The number of anilines is 1. The van der Waals surface area contributed by atoms with E-state index in [2.05, 4.69) is 62.5 Å². The molecule has 0 bridgehead atoms. The summed E-state index contributed by atoms with van der Waals surface area (Å²) >= 11 is 1.43. The molecule has 0 saturated carbocycles. The van der Waals surface area contributed by atoms with Gasteiger partial charge in [-0.3, -0.25) is 9.79 Å². The van der Waals surface area contributed by atoms with Gasteiger partial charge in [-0.05, 0) is 49.6 Å². The highest BCUT2D eigenvalue weighted by Crippen LogP contribution is 2.36. The molecule has 1 aliphatic heterocycles. The number of rotatable bonds is 6. The van der Waals surface area contributed by atoms with Crippen LogP contribution >= 0.6 is 11.8 Å². The van der Waals surface area contributed by atoms with E-state index in [0.29, 0.717) is 23.6 Å². The van der Waals surface area contributed by atoms with Gasteiger partial charge in [-0.25, -0.2) is 4.99 Å². The number of methoxy groups -OCH3 is 2. The molecule has 1 amide bonds. The molecule has 1 N–H and O–H groups in total. The monoisotopic (exact) mass is 487 g/mol. The van der Waals surface area contributed by atoms with E-state index in [9.17, 15) is 4.79 Å². The molecule has 1 heterocycles. The molecule has 0 aliphatic carbocycles. The van der Waals surface area contributed by atoms with Crippen LogP contribution in [0.1, 0.15) is 28.7 Å². The van der Waals surface area contributed by atoms with Crippen molar-refractivity contribution in [2.75, 3.05) is 25.3 Å². The van der Waals surface area contributed by atoms with Crippen molar-refractivity contribution >= 4 is 45.5 Å². The summed E-state index contributed by atoms with van der Waals surface area (Å²) in [5, 5.41) is 3.78. The van der Waals surface area contributed by atoms with Crippen LogP contribution in [0.4, 0.5) is 17.1 Å². The lowest BCUT2D eigenvalue weighted by Gasteiger charge is -2.11. The Morgan fingerprint density at radius 1 is 0.886 bits per heavy atom. The Bertz CT molecular complexity index is 1290. The summed E-state index contributed by atoms with van der Waals surface area (Å²) in [5.74, 6) is 1.31. The van der Waals surface area contributed by atoms with Crippen molar-refractivity contribution in [2.45, 2.75) is 27.2 Å². The van der Waals surface area contributed by atoms with Gasteiger partial charge in [-0.2, -0.15) is 0 Å². The molecule has 0 fully saturated rings. The third kappa shape index (κ3) is 6.11. The van der Waals surface area contributed by atoms with Crippen LogP contribution in [-0.4, -0.2) is 36.6 Å². The van der Waals surface area contributed by atoms with Crippen LogP contribution < -0.4 is 14.8 Å². The summed E-state index contributed by atoms with van der Waals surface area (Å²) in [6.45, 7) is 6.22. The fraction of sp³-hybridized carbons (Fsp3) is 0.250. The quantitative estimate of drug-likeness (QED) is 0.428. The van der Waals surface area contributed by atoms with Crippen molar-refractivity contribution in [1.29, 1.82) is 0 Å². The zero-order valence-corrected chi connectivity index (χ0v) is 21.5. The second kappa shape index (κ2) is 10.8. The molecular formula is C28H29N3O3S. The minimum absolute atomic E-state index is 0.133. The maximum Gasteiger partial charge on any atom is 0.234 e. The highest BCUT2D eigenvalue weighted by Gasteiger charge is 2.18.